The van der Waals surface area contributed by atoms with E-state index in [1.165, 1.54) is 10.9 Å². The number of thioether (sulfide) groups is 1. The summed E-state index contributed by atoms with van der Waals surface area (Å²) in [6.45, 7) is 2.82. The molecule has 0 N–H and O–H groups in total. The molecule has 0 saturated carbocycles. The summed E-state index contributed by atoms with van der Waals surface area (Å²) in [6, 6.07) is 10.9. The fourth-order valence-corrected chi connectivity index (χ4v) is 3.73. The molecule has 1 saturated heterocycles. The van der Waals surface area contributed by atoms with Crippen LogP contribution in [0.5, 0.6) is 0 Å². The standard InChI is InChI=1S/C16H20N4S/c1-19-15-6-4-3-5-13(15)14(18-19)11-20-9-7-16(12-17,21-2)8-10-20/h3-6H,7-11H2,1-2H3. The number of hydrogen-bond donors (Lipinski definition) is 0. The minimum Gasteiger partial charge on any atom is -0.297 e. The highest BCUT2D eigenvalue weighted by Gasteiger charge is 2.34. The number of nitriles is 1. The first-order valence-electron chi connectivity index (χ1n) is 7.27. The van der Waals surface area contributed by atoms with Gasteiger partial charge in [-0.25, -0.2) is 0 Å². The van der Waals surface area contributed by atoms with Crippen LogP contribution in [0.2, 0.25) is 0 Å². The van der Waals surface area contributed by atoms with Crippen LogP contribution < -0.4 is 0 Å². The van der Waals surface area contributed by atoms with Gasteiger partial charge in [0.05, 0.1) is 17.3 Å². The number of benzene rings is 1. The number of rotatable bonds is 3. The zero-order valence-corrected chi connectivity index (χ0v) is 13.4. The van der Waals surface area contributed by atoms with Crippen LogP contribution in [0.1, 0.15) is 18.5 Å². The molecule has 4 nitrogen and oxygen atoms in total. The van der Waals surface area contributed by atoms with Crippen molar-refractivity contribution in [2.45, 2.75) is 24.1 Å². The van der Waals surface area contributed by atoms with E-state index in [2.05, 4.69) is 40.3 Å². The van der Waals surface area contributed by atoms with Crippen molar-refractivity contribution in [3.63, 3.8) is 0 Å². The van der Waals surface area contributed by atoms with Crippen molar-refractivity contribution >= 4 is 22.7 Å². The van der Waals surface area contributed by atoms with Gasteiger partial charge in [-0.1, -0.05) is 18.2 Å². The molecule has 110 valence electrons. The summed E-state index contributed by atoms with van der Waals surface area (Å²) in [5, 5.41) is 15.3. The summed E-state index contributed by atoms with van der Waals surface area (Å²) >= 11 is 1.70. The van der Waals surface area contributed by atoms with Crippen molar-refractivity contribution < 1.29 is 0 Å². The lowest BCUT2D eigenvalue weighted by Crippen LogP contribution is -2.41. The third-order valence-corrected chi connectivity index (χ3v) is 5.75. The Labute approximate surface area is 129 Å². The highest BCUT2D eigenvalue weighted by atomic mass is 32.2. The van der Waals surface area contributed by atoms with Gasteiger partial charge in [0.15, 0.2) is 0 Å². The molecule has 1 aliphatic rings. The van der Waals surface area contributed by atoms with E-state index in [-0.39, 0.29) is 4.75 Å². The number of piperidine rings is 1. The predicted molar refractivity (Wildman–Crippen MR) is 87.1 cm³/mol. The van der Waals surface area contributed by atoms with Gasteiger partial charge in [-0.05, 0) is 25.2 Å². The zero-order chi connectivity index (χ0) is 14.9. The van der Waals surface area contributed by atoms with Crippen molar-refractivity contribution in [2.24, 2.45) is 7.05 Å². The van der Waals surface area contributed by atoms with Crippen LogP contribution in [0.4, 0.5) is 0 Å². The highest BCUT2D eigenvalue weighted by molar-refractivity contribution is 8.00. The maximum atomic E-state index is 9.36. The summed E-state index contributed by atoms with van der Waals surface area (Å²) in [5.41, 5.74) is 2.32. The normalized spacial score (nSPS) is 18.7. The van der Waals surface area contributed by atoms with Gasteiger partial charge in [0.25, 0.3) is 0 Å². The van der Waals surface area contributed by atoms with Gasteiger partial charge in [-0.3, -0.25) is 9.58 Å². The number of aryl methyl sites for hydroxylation is 1. The van der Waals surface area contributed by atoms with Gasteiger partial charge in [0.2, 0.25) is 0 Å². The average molecular weight is 300 g/mol. The molecule has 5 heteroatoms. The van der Waals surface area contributed by atoms with E-state index in [1.54, 1.807) is 11.8 Å². The Morgan fingerprint density at radius 2 is 2.05 bits per heavy atom. The van der Waals surface area contributed by atoms with Crippen LogP contribution in [-0.4, -0.2) is 38.8 Å². The molecule has 3 rings (SSSR count). The summed E-state index contributed by atoms with van der Waals surface area (Å²) in [7, 11) is 2.00. The smallest absolute Gasteiger partial charge is 0.104 e. The van der Waals surface area contributed by atoms with E-state index < -0.39 is 0 Å². The van der Waals surface area contributed by atoms with Gasteiger partial charge < -0.3 is 0 Å². The quantitative estimate of drug-likeness (QED) is 0.874. The Morgan fingerprint density at radius 3 is 2.71 bits per heavy atom. The lowest BCUT2D eigenvalue weighted by molar-refractivity contribution is 0.207. The van der Waals surface area contributed by atoms with Crippen molar-refractivity contribution in [1.29, 1.82) is 5.26 Å². The first kappa shape index (κ1) is 14.4. The molecular weight excluding hydrogens is 280 g/mol. The molecular formula is C16H20N4S. The molecule has 0 bridgehead atoms. The SMILES string of the molecule is CSC1(C#N)CCN(Cc2nn(C)c3ccccc23)CC1. The predicted octanol–water partition coefficient (Wildman–Crippen LogP) is 2.79. The Morgan fingerprint density at radius 1 is 1.33 bits per heavy atom. The number of likely N-dealkylation sites (tertiary alicyclic amines) is 1. The molecule has 1 fully saturated rings. The van der Waals surface area contributed by atoms with Gasteiger partial charge in [0.1, 0.15) is 4.75 Å². The molecule has 2 heterocycles. The summed E-state index contributed by atoms with van der Waals surface area (Å²) < 4.78 is 1.78. The first-order chi connectivity index (χ1) is 10.2. The van der Waals surface area contributed by atoms with Gasteiger partial charge in [-0.2, -0.15) is 10.4 Å². The minimum absolute atomic E-state index is 0.178. The molecule has 0 amide bonds. The van der Waals surface area contributed by atoms with Crippen molar-refractivity contribution in [2.75, 3.05) is 19.3 Å². The molecule has 0 aliphatic carbocycles. The zero-order valence-electron chi connectivity index (χ0n) is 12.5. The third kappa shape index (κ3) is 2.66. The first-order valence-corrected chi connectivity index (χ1v) is 8.49. The average Bonchev–Trinajstić information content (AvgIpc) is 2.85. The van der Waals surface area contributed by atoms with Crippen LogP contribution in [0.25, 0.3) is 10.9 Å². The second-order valence-electron chi connectivity index (χ2n) is 5.67. The number of aromatic nitrogens is 2. The number of nitrogens with zero attached hydrogens (tertiary/aromatic N) is 4. The van der Waals surface area contributed by atoms with Gasteiger partial charge >= 0.3 is 0 Å². The second kappa shape index (κ2) is 5.70. The van der Waals surface area contributed by atoms with Crippen molar-refractivity contribution in [1.82, 2.24) is 14.7 Å². The lowest BCUT2D eigenvalue weighted by Gasteiger charge is -2.35. The maximum absolute atomic E-state index is 9.36. The van der Waals surface area contributed by atoms with Crippen LogP contribution in [0, 0.1) is 11.3 Å². The largest absolute Gasteiger partial charge is 0.297 e. The molecule has 0 radical (unpaired) electrons. The minimum atomic E-state index is -0.178. The Kier molecular flexibility index (Phi) is 3.92. The lowest BCUT2D eigenvalue weighted by atomic mass is 9.97. The summed E-state index contributed by atoms with van der Waals surface area (Å²) in [4.78, 5) is 2.42. The number of hydrogen-bond acceptors (Lipinski definition) is 4. The van der Waals surface area contributed by atoms with Crippen molar-refractivity contribution in [3.05, 3.63) is 30.0 Å². The number of para-hydroxylation sites is 1. The number of fused-ring (bicyclic) bond motifs is 1. The molecule has 0 unspecified atom stereocenters. The monoisotopic (exact) mass is 300 g/mol. The van der Waals surface area contributed by atoms with E-state index in [4.69, 9.17) is 0 Å². The highest BCUT2D eigenvalue weighted by Crippen LogP contribution is 2.34. The van der Waals surface area contributed by atoms with Crippen LogP contribution in [-0.2, 0) is 13.6 Å². The molecule has 2 aromatic rings. The molecule has 0 spiro atoms. The molecule has 1 aromatic heterocycles. The van der Waals surface area contributed by atoms with E-state index in [0.29, 0.717) is 0 Å². The molecule has 21 heavy (non-hydrogen) atoms. The fraction of sp³-hybridized carbons (Fsp3) is 0.500. The Bertz CT molecular complexity index is 677. The van der Waals surface area contributed by atoms with Crippen LogP contribution >= 0.6 is 11.8 Å². The summed E-state index contributed by atoms with van der Waals surface area (Å²) in [5.74, 6) is 0. The van der Waals surface area contributed by atoms with E-state index >= 15 is 0 Å². The van der Waals surface area contributed by atoms with Gasteiger partial charge in [-0.15, -0.1) is 11.8 Å². The fourth-order valence-electron chi connectivity index (χ4n) is 3.05. The van der Waals surface area contributed by atoms with E-state index in [9.17, 15) is 5.26 Å². The van der Waals surface area contributed by atoms with E-state index in [0.717, 1.165) is 38.2 Å². The molecule has 1 aliphatic heterocycles. The van der Waals surface area contributed by atoms with Crippen LogP contribution in [0.15, 0.2) is 24.3 Å². The van der Waals surface area contributed by atoms with Crippen molar-refractivity contribution in [3.8, 4) is 6.07 Å². The third-order valence-electron chi connectivity index (χ3n) is 4.47. The van der Waals surface area contributed by atoms with Gasteiger partial charge in [0, 0.05) is 32.1 Å². The summed E-state index contributed by atoms with van der Waals surface area (Å²) in [6.07, 6.45) is 3.93. The van der Waals surface area contributed by atoms with Crippen LogP contribution in [0.3, 0.4) is 0 Å². The maximum Gasteiger partial charge on any atom is 0.104 e. The molecule has 0 atom stereocenters. The second-order valence-corrected chi connectivity index (χ2v) is 6.86. The Hall–Kier alpha value is -1.51. The topological polar surface area (TPSA) is 44.9 Å². The Balaban J connectivity index is 1.75. The van der Waals surface area contributed by atoms with E-state index in [1.807, 2.05) is 18.0 Å². The molecule has 1 aromatic carbocycles.